The number of fused-ring (bicyclic) bond motifs is 2. The number of hydrogen-bond donors (Lipinski definition) is 2. The van der Waals surface area contributed by atoms with Crippen LogP contribution in [-0.2, 0) is 0 Å². The van der Waals surface area contributed by atoms with Crippen molar-refractivity contribution < 1.29 is 22.7 Å². The lowest BCUT2D eigenvalue weighted by molar-refractivity contribution is -0.174. The van der Waals surface area contributed by atoms with Gasteiger partial charge in [-0.05, 0) is 31.2 Å². The average molecular weight is 406 g/mol. The number of amides is 1. The van der Waals surface area contributed by atoms with Crippen molar-refractivity contribution in [3.05, 3.63) is 41.6 Å². The summed E-state index contributed by atoms with van der Waals surface area (Å²) in [4.78, 5) is 12.8. The van der Waals surface area contributed by atoms with Crippen LogP contribution in [0.5, 0.6) is 5.75 Å². The minimum absolute atomic E-state index is 0.0119. The normalized spacial score (nSPS) is 26.0. The molecule has 0 bridgehead atoms. The Bertz CT molecular complexity index is 938. The van der Waals surface area contributed by atoms with Gasteiger partial charge in [-0.15, -0.1) is 0 Å². The second-order valence-electron chi connectivity index (χ2n) is 7.94. The van der Waals surface area contributed by atoms with Crippen molar-refractivity contribution in [1.29, 1.82) is 0 Å². The van der Waals surface area contributed by atoms with E-state index in [0.717, 1.165) is 23.1 Å². The quantitative estimate of drug-likeness (QED) is 0.813. The number of aromatic nitrogens is 2. The third kappa shape index (κ3) is 3.42. The minimum Gasteiger partial charge on any atom is -0.493 e. The van der Waals surface area contributed by atoms with E-state index in [4.69, 9.17) is 4.74 Å². The summed E-state index contributed by atoms with van der Waals surface area (Å²) in [6, 6.07) is 6.63. The second-order valence-corrected chi connectivity index (χ2v) is 7.94. The molecule has 0 radical (unpaired) electrons. The largest absolute Gasteiger partial charge is 0.493 e. The van der Waals surface area contributed by atoms with Gasteiger partial charge >= 0.3 is 6.18 Å². The molecule has 9 heteroatoms. The number of nitrogens with zero attached hydrogens (tertiary/aromatic N) is 2. The lowest BCUT2D eigenvalue weighted by atomic mass is 10.00. The Hall–Kier alpha value is -2.71. The third-order valence-corrected chi connectivity index (χ3v) is 5.91. The number of para-hydroxylation sites is 1. The third-order valence-electron chi connectivity index (χ3n) is 5.91. The maximum atomic E-state index is 13.6. The first-order chi connectivity index (χ1) is 13.9. The molecule has 29 heavy (non-hydrogen) atoms. The Kier molecular flexibility index (Phi) is 4.22. The van der Waals surface area contributed by atoms with Crippen LogP contribution >= 0.6 is 0 Å². The number of anilines is 1. The van der Waals surface area contributed by atoms with Crippen LogP contribution in [-0.4, -0.2) is 34.5 Å². The van der Waals surface area contributed by atoms with Gasteiger partial charge in [-0.1, -0.05) is 18.2 Å². The maximum Gasteiger partial charge on any atom is 0.410 e. The Morgan fingerprint density at radius 2 is 2.03 bits per heavy atom. The molecule has 154 valence electrons. The van der Waals surface area contributed by atoms with Crippen molar-refractivity contribution in [1.82, 2.24) is 15.1 Å². The van der Waals surface area contributed by atoms with E-state index in [-0.39, 0.29) is 35.9 Å². The van der Waals surface area contributed by atoms with Crippen LogP contribution in [0, 0.1) is 5.92 Å². The van der Waals surface area contributed by atoms with Crippen molar-refractivity contribution >= 4 is 11.7 Å². The highest BCUT2D eigenvalue weighted by Crippen LogP contribution is 2.45. The predicted octanol–water partition coefficient (Wildman–Crippen LogP) is 3.83. The highest BCUT2D eigenvalue weighted by atomic mass is 19.4. The van der Waals surface area contributed by atoms with Crippen molar-refractivity contribution in [2.24, 2.45) is 5.92 Å². The Balaban J connectivity index is 1.40. The zero-order chi connectivity index (χ0) is 20.2. The summed E-state index contributed by atoms with van der Waals surface area (Å²) in [5, 5.41) is 10.1. The van der Waals surface area contributed by atoms with Crippen LogP contribution in [0.15, 0.2) is 30.3 Å². The molecular formula is C20H21F3N4O2. The van der Waals surface area contributed by atoms with Crippen molar-refractivity contribution in [3.8, 4) is 5.75 Å². The van der Waals surface area contributed by atoms with E-state index in [9.17, 15) is 18.0 Å². The summed E-state index contributed by atoms with van der Waals surface area (Å²) in [5.41, 5.74) is 0.846. The van der Waals surface area contributed by atoms with Gasteiger partial charge in [0.25, 0.3) is 5.91 Å². The molecule has 5 rings (SSSR count). The van der Waals surface area contributed by atoms with Crippen LogP contribution in [0.25, 0.3) is 0 Å². The van der Waals surface area contributed by atoms with Crippen LogP contribution in [0.3, 0.4) is 0 Å². The molecule has 2 aliphatic heterocycles. The average Bonchev–Trinajstić information content (AvgIpc) is 3.45. The SMILES string of the molecule is O=C(N[C@@H]1CCOc2ccccc21)c1cc2n(n1)[C@H](C(F)(F)F)C[C@H](C1CC1)N2. The van der Waals surface area contributed by atoms with Crippen molar-refractivity contribution in [2.75, 3.05) is 11.9 Å². The lowest BCUT2D eigenvalue weighted by Crippen LogP contribution is -2.40. The molecule has 0 saturated heterocycles. The minimum atomic E-state index is -4.41. The molecule has 1 aliphatic carbocycles. The van der Waals surface area contributed by atoms with E-state index in [0.29, 0.717) is 18.8 Å². The topological polar surface area (TPSA) is 68.2 Å². The van der Waals surface area contributed by atoms with Gasteiger partial charge in [0, 0.05) is 24.1 Å². The predicted molar refractivity (Wildman–Crippen MR) is 98.8 cm³/mol. The molecule has 1 saturated carbocycles. The van der Waals surface area contributed by atoms with E-state index in [1.165, 1.54) is 6.07 Å². The van der Waals surface area contributed by atoms with Gasteiger partial charge in [0.1, 0.15) is 11.6 Å². The van der Waals surface area contributed by atoms with E-state index >= 15 is 0 Å². The second kappa shape index (κ2) is 6.67. The van der Waals surface area contributed by atoms with E-state index < -0.39 is 18.1 Å². The standard InChI is InChI=1S/C20H21F3N4O2/c21-20(22,23)17-9-14(11-5-6-11)24-18-10-15(26-27(17)18)19(28)25-13-7-8-29-16-4-2-1-3-12(13)16/h1-4,10-11,13-14,17,24H,5-9H2,(H,25,28)/t13-,14-,17+/m1/s1. The number of hydrogen-bond acceptors (Lipinski definition) is 4. The molecule has 3 heterocycles. The zero-order valence-electron chi connectivity index (χ0n) is 15.6. The smallest absolute Gasteiger partial charge is 0.410 e. The van der Waals surface area contributed by atoms with Gasteiger partial charge in [0.05, 0.1) is 12.6 Å². The first-order valence-corrected chi connectivity index (χ1v) is 9.85. The molecule has 1 amide bonds. The monoisotopic (exact) mass is 406 g/mol. The number of nitrogens with one attached hydrogen (secondary N) is 2. The van der Waals surface area contributed by atoms with Crippen molar-refractivity contribution in [3.63, 3.8) is 0 Å². The van der Waals surface area contributed by atoms with Crippen molar-refractivity contribution in [2.45, 2.75) is 50.0 Å². The molecule has 2 N–H and O–H groups in total. The molecule has 1 aromatic carbocycles. The summed E-state index contributed by atoms with van der Waals surface area (Å²) in [6.45, 7) is 0.461. The molecule has 1 fully saturated rings. The summed E-state index contributed by atoms with van der Waals surface area (Å²) in [5.74, 6) is 0.742. The lowest BCUT2D eigenvalue weighted by Gasteiger charge is -2.33. The Morgan fingerprint density at radius 1 is 1.24 bits per heavy atom. The summed E-state index contributed by atoms with van der Waals surface area (Å²) < 4.78 is 47.4. The number of rotatable bonds is 3. The summed E-state index contributed by atoms with van der Waals surface area (Å²) in [6.07, 6.45) is -2.01. The fourth-order valence-electron chi connectivity index (χ4n) is 4.25. The fourth-order valence-corrected chi connectivity index (χ4v) is 4.25. The Morgan fingerprint density at radius 3 is 2.79 bits per heavy atom. The van der Waals surface area contributed by atoms with Gasteiger partial charge < -0.3 is 15.4 Å². The number of carbonyl (C=O) groups excluding carboxylic acids is 1. The van der Waals surface area contributed by atoms with Crippen LogP contribution < -0.4 is 15.4 Å². The molecule has 3 atom stereocenters. The van der Waals surface area contributed by atoms with E-state index in [1.807, 2.05) is 24.3 Å². The molecular weight excluding hydrogens is 385 g/mol. The van der Waals surface area contributed by atoms with Crippen LogP contribution in [0.1, 0.15) is 53.8 Å². The summed E-state index contributed by atoms with van der Waals surface area (Å²) in [7, 11) is 0. The van der Waals surface area contributed by atoms with Gasteiger partial charge in [-0.25, -0.2) is 4.68 Å². The highest BCUT2D eigenvalue weighted by Gasteiger charge is 2.49. The van der Waals surface area contributed by atoms with E-state index in [2.05, 4.69) is 15.7 Å². The zero-order valence-corrected chi connectivity index (χ0v) is 15.6. The molecule has 6 nitrogen and oxygen atoms in total. The summed E-state index contributed by atoms with van der Waals surface area (Å²) >= 11 is 0. The molecule has 3 aliphatic rings. The maximum absolute atomic E-state index is 13.6. The van der Waals surface area contributed by atoms with Gasteiger partial charge in [-0.2, -0.15) is 18.3 Å². The fraction of sp³-hybridized carbons (Fsp3) is 0.500. The number of ether oxygens (including phenoxy) is 1. The molecule has 2 aromatic rings. The number of halogens is 3. The first-order valence-electron chi connectivity index (χ1n) is 9.85. The molecule has 0 spiro atoms. The number of alkyl halides is 3. The highest BCUT2D eigenvalue weighted by molar-refractivity contribution is 5.93. The van der Waals surface area contributed by atoms with Gasteiger partial charge in [0.15, 0.2) is 11.7 Å². The first kappa shape index (κ1) is 18.3. The van der Waals surface area contributed by atoms with Gasteiger partial charge in [-0.3, -0.25) is 4.79 Å². The number of carbonyl (C=O) groups is 1. The molecule has 0 unspecified atom stereocenters. The molecule has 1 aromatic heterocycles. The van der Waals surface area contributed by atoms with E-state index in [1.54, 1.807) is 0 Å². The Labute approximate surface area is 165 Å². The van der Waals surface area contributed by atoms with Gasteiger partial charge in [0.2, 0.25) is 0 Å². The number of benzene rings is 1. The van der Waals surface area contributed by atoms with Crippen LogP contribution in [0.2, 0.25) is 0 Å². The van der Waals surface area contributed by atoms with Crippen LogP contribution in [0.4, 0.5) is 19.0 Å².